The van der Waals surface area contributed by atoms with Gasteiger partial charge in [-0.3, -0.25) is 14.4 Å². The molecule has 1 heterocycles. The molecule has 0 bridgehead atoms. The van der Waals surface area contributed by atoms with E-state index in [9.17, 15) is 33.9 Å². The van der Waals surface area contributed by atoms with Gasteiger partial charge >= 0.3 is 17.9 Å². The van der Waals surface area contributed by atoms with Crippen LogP contribution in [0.15, 0.2) is 30.3 Å². The molecule has 1 amide bonds. The third-order valence-electron chi connectivity index (χ3n) is 5.33. The quantitative estimate of drug-likeness (QED) is 0.292. The zero-order chi connectivity index (χ0) is 27.5. The number of ketones is 2. The molecule has 0 unspecified atom stereocenters. The fraction of sp³-hybridized carbons (Fsp3) is 0.520. The number of hydrogen-bond acceptors (Lipinski definition) is 11. The van der Waals surface area contributed by atoms with Crippen LogP contribution in [0, 0.1) is 0 Å². The highest BCUT2D eigenvalue weighted by Gasteiger charge is 2.50. The number of carbonyl (C=O) groups is 6. The third-order valence-corrected chi connectivity index (χ3v) is 5.33. The molecule has 12 nitrogen and oxygen atoms in total. The molecule has 37 heavy (non-hydrogen) atoms. The van der Waals surface area contributed by atoms with Gasteiger partial charge in [-0.25, -0.2) is 4.79 Å². The highest BCUT2D eigenvalue weighted by atomic mass is 16.7. The molecule has 1 saturated heterocycles. The number of aliphatic hydroxyl groups excluding tert-OH is 1. The fourth-order valence-electron chi connectivity index (χ4n) is 3.50. The van der Waals surface area contributed by atoms with Gasteiger partial charge in [0.15, 0.2) is 18.5 Å². The summed E-state index contributed by atoms with van der Waals surface area (Å²) in [5.41, 5.74) is 0.152. The predicted octanol–water partition coefficient (Wildman–Crippen LogP) is 0.627. The average molecular weight is 522 g/mol. The van der Waals surface area contributed by atoms with Crippen molar-refractivity contribution < 1.29 is 52.8 Å². The summed E-state index contributed by atoms with van der Waals surface area (Å²) in [7, 11) is 0. The van der Waals surface area contributed by atoms with Crippen LogP contribution in [0.4, 0.5) is 0 Å². The summed E-state index contributed by atoms with van der Waals surface area (Å²) in [6.45, 7) is 3.26. The number of hydrogen-bond donors (Lipinski definition) is 2. The zero-order valence-electron chi connectivity index (χ0n) is 20.8. The van der Waals surface area contributed by atoms with E-state index in [1.54, 1.807) is 18.2 Å². The van der Waals surface area contributed by atoms with Crippen molar-refractivity contribution in [2.75, 3.05) is 6.61 Å². The van der Waals surface area contributed by atoms with E-state index in [1.807, 2.05) is 0 Å². The molecule has 202 valence electrons. The molecular formula is C25H31NO11. The van der Waals surface area contributed by atoms with Crippen molar-refractivity contribution in [3.05, 3.63) is 35.9 Å². The number of carbonyl (C=O) groups excluding carboxylic acids is 6. The lowest BCUT2D eigenvalue weighted by molar-refractivity contribution is -0.261. The molecule has 0 aliphatic carbocycles. The number of rotatable bonds is 12. The number of nitrogens with one attached hydrogen (secondary N) is 1. The van der Waals surface area contributed by atoms with Crippen LogP contribution < -0.4 is 5.32 Å². The molecule has 0 aromatic heterocycles. The number of esters is 3. The molecule has 1 aromatic carbocycles. The van der Waals surface area contributed by atoms with E-state index in [2.05, 4.69) is 5.32 Å². The summed E-state index contributed by atoms with van der Waals surface area (Å²) in [6, 6.07) is 6.50. The van der Waals surface area contributed by atoms with Gasteiger partial charge in [-0.05, 0) is 26.0 Å². The van der Waals surface area contributed by atoms with Gasteiger partial charge in [0.2, 0.25) is 5.91 Å². The Labute approximate surface area is 213 Å². The van der Waals surface area contributed by atoms with Gasteiger partial charge in [-0.2, -0.15) is 0 Å². The normalized spacial score (nSPS) is 22.9. The first kappa shape index (κ1) is 29.6. The van der Waals surface area contributed by atoms with E-state index in [0.717, 1.165) is 0 Å². The first-order valence-electron chi connectivity index (χ1n) is 11.7. The third kappa shape index (κ3) is 9.73. The number of Topliss-reactive ketones (excluding diaryl/α,β-unsaturated/α-hetero) is 2. The molecule has 5 atom stereocenters. The Morgan fingerprint density at radius 2 is 1.43 bits per heavy atom. The maximum atomic E-state index is 12.9. The lowest BCUT2D eigenvalue weighted by atomic mass is 9.96. The maximum absolute atomic E-state index is 12.9. The van der Waals surface area contributed by atoms with E-state index in [4.69, 9.17) is 18.9 Å². The molecule has 0 spiro atoms. The Balaban J connectivity index is 2.33. The summed E-state index contributed by atoms with van der Waals surface area (Å²) in [5.74, 6) is -3.48. The van der Waals surface area contributed by atoms with Crippen molar-refractivity contribution in [1.82, 2.24) is 5.32 Å². The van der Waals surface area contributed by atoms with Crippen LogP contribution in [0.3, 0.4) is 0 Å². The number of ether oxygens (including phenoxy) is 4. The monoisotopic (exact) mass is 521 g/mol. The van der Waals surface area contributed by atoms with Gasteiger partial charge in [0.05, 0.1) is 18.4 Å². The van der Waals surface area contributed by atoms with Gasteiger partial charge in [0.1, 0.15) is 30.3 Å². The Morgan fingerprint density at radius 3 is 2.00 bits per heavy atom. The van der Waals surface area contributed by atoms with Crippen molar-refractivity contribution in [2.45, 2.75) is 77.1 Å². The second-order valence-corrected chi connectivity index (χ2v) is 8.57. The molecule has 0 radical (unpaired) electrons. The van der Waals surface area contributed by atoms with Crippen LogP contribution in [-0.4, -0.2) is 77.7 Å². The summed E-state index contributed by atoms with van der Waals surface area (Å²) >= 11 is 0. The molecule has 1 aromatic rings. The van der Waals surface area contributed by atoms with Crippen LogP contribution >= 0.6 is 0 Å². The number of benzene rings is 1. The SMILES string of the molecule is CC(=O)CCC(=O)OC[C@H]1O[C@@H](O)[C@H](NC(C)=O)[C@H](OC(=O)c2ccccc2)[C@@H]1OC(=O)CCC(C)=O. The molecule has 1 aliphatic rings. The summed E-state index contributed by atoms with van der Waals surface area (Å²) in [6.07, 6.45) is -6.57. The van der Waals surface area contributed by atoms with Crippen molar-refractivity contribution in [2.24, 2.45) is 0 Å². The summed E-state index contributed by atoms with van der Waals surface area (Å²) in [4.78, 5) is 71.7. The van der Waals surface area contributed by atoms with Crippen molar-refractivity contribution in [1.29, 1.82) is 0 Å². The summed E-state index contributed by atoms with van der Waals surface area (Å²) < 4.78 is 21.7. The van der Waals surface area contributed by atoms with Crippen molar-refractivity contribution in [3.8, 4) is 0 Å². The number of aliphatic hydroxyl groups is 1. The first-order valence-corrected chi connectivity index (χ1v) is 11.7. The lowest BCUT2D eigenvalue weighted by Gasteiger charge is -2.43. The zero-order valence-corrected chi connectivity index (χ0v) is 20.8. The van der Waals surface area contributed by atoms with E-state index >= 15 is 0 Å². The molecule has 2 rings (SSSR count). The molecule has 0 saturated carbocycles. The van der Waals surface area contributed by atoms with Crippen LogP contribution in [0.25, 0.3) is 0 Å². The maximum Gasteiger partial charge on any atom is 0.338 e. The van der Waals surface area contributed by atoms with E-state index < -0.39 is 61.1 Å². The molecular weight excluding hydrogens is 490 g/mol. The fourth-order valence-corrected chi connectivity index (χ4v) is 3.50. The standard InChI is InChI=1S/C25H31NO11/c1-14(27)9-11-19(30)34-13-18-22(36-20(31)12-10-15(2)28)23(21(25(33)35-18)26-16(3)29)37-24(32)17-7-5-4-6-8-17/h4-8,18,21-23,25,33H,9-13H2,1-3H3,(H,26,29)/t18-,21-,22-,23+,25-/m1/s1. The Morgan fingerprint density at radius 1 is 0.838 bits per heavy atom. The smallest absolute Gasteiger partial charge is 0.338 e. The summed E-state index contributed by atoms with van der Waals surface area (Å²) in [5, 5.41) is 13.0. The minimum Gasteiger partial charge on any atom is -0.463 e. The second-order valence-electron chi connectivity index (χ2n) is 8.57. The van der Waals surface area contributed by atoms with E-state index in [-0.39, 0.29) is 42.8 Å². The van der Waals surface area contributed by atoms with Crippen molar-refractivity contribution >= 4 is 35.4 Å². The van der Waals surface area contributed by atoms with Gasteiger partial charge < -0.3 is 39.0 Å². The van der Waals surface area contributed by atoms with Crippen LogP contribution in [-0.2, 0) is 42.9 Å². The minimum atomic E-state index is -1.73. The second kappa shape index (κ2) is 14.2. The largest absolute Gasteiger partial charge is 0.463 e. The van der Waals surface area contributed by atoms with E-state index in [0.29, 0.717) is 0 Å². The first-order chi connectivity index (χ1) is 17.5. The number of amides is 1. The minimum absolute atomic E-state index is 0.0433. The highest BCUT2D eigenvalue weighted by molar-refractivity contribution is 5.89. The molecule has 2 N–H and O–H groups in total. The Hall–Kier alpha value is -3.64. The highest BCUT2D eigenvalue weighted by Crippen LogP contribution is 2.27. The topological polar surface area (TPSA) is 172 Å². The lowest BCUT2D eigenvalue weighted by Crippen LogP contribution is -2.66. The van der Waals surface area contributed by atoms with Crippen molar-refractivity contribution in [3.63, 3.8) is 0 Å². The van der Waals surface area contributed by atoms with Gasteiger partial charge in [-0.1, -0.05) is 18.2 Å². The van der Waals surface area contributed by atoms with Crippen LogP contribution in [0.1, 0.15) is 56.8 Å². The van der Waals surface area contributed by atoms with Gasteiger partial charge in [0.25, 0.3) is 0 Å². The van der Waals surface area contributed by atoms with E-state index in [1.165, 1.54) is 32.9 Å². The van der Waals surface area contributed by atoms with Gasteiger partial charge in [0, 0.05) is 19.8 Å². The molecule has 1 fully saturated rings. The molecule has 1 aliphatic heterocycles. The van der Waals surface area contributed by atoms with Gasteiger partial charge in [-0.15, -0.1) is 0 Å². The predicted molar refractivity (Wildman–Crippen MR) is 125 cm³/mol. The Bertz CT molecular complexity index is 994. The molecule has 12 heteroatoms. The Kier molecular flexibility index (Phi) is 11.3. The van der Waals surface area contributed by atoms with Crippen LogP contribution in [0.2, 0.25) is 0 Å². The van der Waals surface area contributed by atoms with Crippen LogP contribution in [0.5, 0.6) is 0 Å². The average Bonchev–Trinajstić information content (AvgIpc) is 2.84.